The van der Waals surface area contributed by atoms with E-state index in [0.29, 0.717) is 5.39 Å². The second kappa shape index (κ2) is 3.46. The third-order valence-electron chi connectivity index (χ3n) is 2.05. The number of hydrogen-bond donors (Lipinski definition) is 0. The van der Waals surface area contributed by atoms with E-state index in [1.54, 1.807) is 6.07 Å². The molecular formula is C11H8BrF. The topological polar surface area (TPSA) is 0 Å². The first-order chi connectivity index (χ1) is 6.31. The van der Waals surface area contributed by atoms with Gasteiger partial charge in [-0.3, -0.25) is 0 Å². The van der Waals surface area contributed by atoms with Crippen molar-refractivity contribution in [3.8, 4) is 0 Å². The van der Waals surface area contributed by atoms with Gasteiger partial charge < -0.3 is 0 Å². The van der Waals surface area contributed by atoms with E-state index in [2.05, 4.69) is 15.9 Å². The molecule has 0 atom stereocenters. The van der Waals surface area contributed by atoms with Crippen molar-refractivity contribution in [1.29, 1.82) is 0 Å². The van der Waals surface area contributed by atoms with Crippen molar-refractivity contribution in [1.82, 2.24) is 0 Å². The zero-order chi connectivity index (χ0) is 9.26. The number of alkyl halides is 1. The van der Waals surface area contributed by atoms with Crippen molar-refractivity contribution in [2.45, 2.75) is 5.33 Å². The number of rotatable bonds is 1. The Bertz CT molecular complexity index is 437. The van der Waals surface area contributed by atoms with Crippen LogP contribution in [0, 0.1) is 5.82 Å². The van der Waals surface area contributed by atoms with Gasteiger partial charge in [0.15, 0.2) is 0 Å². The van der Waals surface area contributed by atoms with Gasteiger partial charge in [0.1, 0.15) is 5.82 Å². The SMILES string of the molecule is Fc1cccc2cc(CBr)ccc12. The summed E-state index contributed by atoms with van der Waals surface area (Å²) in [5.74, 6) is -0.154. The van der Waals surface area contributed by atoms with Crippen LogP contribution in [0.25, 0.3) is 10.8 Å². The molecule has 2 aromatic rings. The Hall–Kier alpha value is -0.890. The van der Waals surface area contributed by atoms with Crippen LogP contribution in [0.15, 0.2) is 36.4 Å². The molecule has 2 heteroatoms. The molecule has 0 heterocycles. The zero-order valence-corrected chi connectivity index (χ0v) is 8.51. The monoisotopic (exact) mass is 238 g/mol. The summed E-state index contributed by atoms with van der Waals surface area (Å²) in [5.41, 5.74) is 1.16. The lowest BCUT2D eigenvalue weighted by atomic mass is 10.1. The van der Waals surface area contributed by atoms with Gasteiger partial charge in [-0.15, -0.1) is 0 Å². The van der Waals surface area contributed by atoms with Crippen molar-refractivity contribution in [3.05, 3.63) is 47.8 Å². The standard InChI is InChI=1S/C11H8BrF/c12-7-8-4-5-10-9(6-8)2-1-3-11(10)13/h1-6H,7H2. The molecule has 0 aromatic heterocycles. The number of hydrogen-bond acceptors (Lipinski definition) is 0. The fourth-order valence-corrected chi connectivity index (χ4v) is 1.73. The second-order valence-corrected chi connectivity index (χ2v) is 3.49. The largest absolute Gasteiger partial charge is 0.206 e. The molecule has 0 nitrogen and oxygen atoms in total. The first-order valence-corrected chi connectivity index (χ1v) is 5.16. The molecule has 0 fully saturated rings. The van der Waals surface area contributed by atoms with Crippen LogP contribution in [-0.4, -0.2) is 0 Å². The number of benzene rings is 2. The van der Waals surface area contributed by atoms with Crippen LogP contribution >= 0.6 is 15.9 Å². The Labute approximate surface area is 84.5 Å². The summed E-state index contributed by atoms with van der Waals surface area (Å²) in [7, 11) is 0. The summed E-state index contributed by atoms with van der Waals surface area (Å²) >= 11 is 3.37. The third-order valence-corrected chi connectivity index (χ3v) is 2.69. The van der Waals surface area contributed by atoms with Crippen LogP contribution in [0.5, 0.6) is 0 Å². The molecule has 0 amide bonds. The van der Waals surface area contributed by atoms with Gasteiger partial charge in [-0.05, 0) is 17.0 Å². The number of halogens is 2. The highest BCUT2D eigenvalue weighted by molar-refractivity contribution is 9.08. The van der Waals surface area contributed by atoms with E-state index in [4.69, 9.17) is 0 Å². The molecule has 2 rings (SSSR count). The maximum Gasteiger partial charge on any atom is 0.131 e. The van der Waals surface area contributed by atoms with Crippen LogP contribution in [0.1, 0.15) is 5.56 Å². The molecule has 13 heavy (non-hydrogen) atoms. The van der Waals surface area contributed by atoms with Crippen molar-refractivity contribution in [3.63, 3.8) is 0 Å². The molecular weight excluding hydrogens is 231 g/mol. The quantitative estimate of drug-likeness (QED) is 0.662. The van der Waals surface area contributed by atoms with Gasteiger partial charge in [0.2, 0.25) is 0 Å². The molecule has 0 aliphatic heterocycles. The lowest BCUT2D eigenvalue weighted by Gasteiger charge is -2.00. The van der Waals surface area contributed by atoms with Crippen LogP contribution in [-0.2, 0) is 5.33 Å². The van der Waals surface area contributed by atoms with Crippen molar-refractivity contribution >= 4 is 26.7 Å². The minimum Gasteiger partial charge on any atom is -0.206 e. The van der Waals surface area contributed by atoms with E-state index in [1.807, 2.05) is 24.3 Å². The van der Waals surface area contributed by atoms with Gasteiger partial charge in [0, 0.05) is 10.7 Å². The minimum atomic E-state index is -0.154. The van der Waals surface area contributed by atoms with Crippen LogP contribution < -0.4 is 0 Å². The molecule has 0 spiro atoms. The lowest BCUT2D eigenvalue weighted by molar-refractivity contribution is 0.640. The average molecular weight is 239 g/mol. The van der Waals surface area contributed by atoms with Crippen molar-refractivity contribution in [2.24, 2.45) is 0 Å². The molecule has 2 aromatic carbocycles. The highest BCUT2D eigenvalue weighted by atomic mass is 79.9. The molecule has 0 aliphatic carbocycles. The van der Waals surface area contributed by atoms with Gasteiger partial charge in [-0.2, -0.15) is 0 Å². The van der Waals surface area contributed by atoms with Gasteiger partial charge in [-0.25, -0.2) is 4.39 Å². The van der Waals surface area contributed by atoms with Crippen molar-refractivity contribution in [2.75, 3.05) is 0 Å². The zero-order valence-electron chi connectivity index (χ0n) is 6.93. The van der Waals surface area contributed by atoms with Gasteiger partial charge in [-0.1, -0.05) is 46.3 Å². The van der Waals surface area contributed by atoms with Crippen LogP contribution in [0.4, 0.5) is 4.39 Å². The summed E-state index contributed by atoms with van der Waals surface area (Å²) in [4.78, 5) is 0. The average Bonchev–Trinajstić information content (AvgIpc) is 2.18. The Balaban J connectivity index is 2.72. The van der Waals surface area contributed by atoms with E-state index < -0.39 is 0 Å². The molecule has 0 aliphatic rings. The molecule has 0 N–H and O–H groups in total. The summed E-state index contributed by atoms with van der Waals surface area (Å²) in [5, 5.41) is 2.45. The van der Waals surface area contributed by atoms with E-state index in [0.717, 1.165) is 16.3 Å². The fraction of sp³-hybridized carbons (Fsp3) is 0.0909. The van der Waals surface area contributed by atoms with Gasteiger partial charge >= 0.3 is 0 Å². The molecule has 0 bridgehead atoms. The highest BCUT2D eigenvalue weighted by Gasteiger charge is 1.99. The third kappa shape index (κ3) is 1.59. The molecule has 66 valence electrons. The van der Waals surface area contributed by atoms with Crippen LogP contribution in [0.3, 0.4) is 0 Å². The first kappa shape index (κ1) is 8.70. The predicted octanol–water partition coefficient (Wildman–Crippen LogP) is 3.87. The molecule has 0 unspecified atom stereocenters. The fourth-order valence-electron chi connectivity index (χ4n) is 1.38. The molecule has 0 radical (unpaired) electrons. The molecule has 0 saturated heterocycles. The van der Waals surface area contributed by atoms with E-state index in [9.17, 15) is 4.39 Å². The Morgan fingerprint density at radius 1 is 1.15 bits per heavy atom. The van der Waals surface area contributed by atoms with Gasteiger partial charge in [0.05, 0.1) is 0 Å². The summed E-state index contributed by atoms with van der Waals surface area (Å²) in [6.45, 7) is 0. The Morgan fingerprint density at radius 3 is 2.77 bits per heavy atom. The van der Waals surface area contributed by atoms with Crippen LogP contribution in [0.2, 0.25) is 0 Å². The summed E-state index contributed by atoms with van der Waals surface area (Å²) < 4.78 is 13.2. The van der Waals surface area contributed by atoms with E-state index in [1.165, 1.54) is 6.07 Å². The normalized spacial score (nSPS) is 10.6. The second-order valence-electron chi connectivity index (χ2n) is 2.93. The Morgan fingerprint density at radius 2 is 2.00 bits per heavy atom. The number of fused-ring (bicyclic) bond motifs is 1. The minimum absolute atomic E-state index is 0.154. The smallest absolute Gasteiger partial charge is 0.131 e. The summed E-state index contributed by atoms with van der Waals surface area (Å²) in [6, 6.07) is 10.9. The van der Waals surface area contributed by atoms with Gasteiger partial charge in [0.25, 0.3) is 0 Å². The van der Waals surface area contributed by atoms with E-state index in [-0.39, 0.29) is 5.82 Å². The van der Waals surface area contributed by atoms with E-state index >= 15 is 0 Å². The lowest BCUT2D eigenvalue weighted by Crippen LogP contribution is -1.81. The summed E-state index contributed by atoms with van der Waals surface area (Å²) in [6.07, 6.45) is 0. The maximum atomic E-state index is 13.2. The Kier molecular flexibility index (Phi) is 2.32. The maximum absolute atomic E-state index is 13.2. The van der Waals surface area contributed by atoms with Crippen molar-refractivity contribution < 1.29 is 4.39 Å². The highest BCUT2D eigenvalue weighted by Crippen LogP contribution is 2.20. The predicted molar refractivity (Wildman–Crippen MR) is 56.5 cm³/mol. The molecule has 0 saturated carbocycles. The first-order valence-electron chi connectivity index (χ1n) is 4.04.